The van der Waals surface area contributed by atoms with E-state index in [4.69, 9.17) is 9.47 Å². The van der Waals surface area contributed by atoms with Crippen LogP contribution >= 0.6 is 0 Å². The first kappa shape index (κ1) is 22.0. The number of rotatable bonds is 4. The lowest BCUT2D eigenvalue weighted by Crippen LogP contribution is -2.52. The van der Waals surface area contributed by atoms with E-state index in [-0.39, 0.29) is 24.0 Å². The normalized spacial score (nSPS) is 18.5. The number of benzene rings is 2. The van der Waals surface area contributed by atoms with E-state index < -0.39 is 0 Å². The van der Waals surface area contributed by atoms with Crippen LogP contribution in [0.5, 0.6) is 11.5 Å². The maximum Gasteiger partial charge on any atom is 0.324 e. The van der Waals surface area contributed by atoms with E-state index in [1.54, 1.807) is 7.11 Å². The van der Waals surface area contributed by atoms with Crippen LogP contribution in [0.3, 0.4) is 0 Å². The van der Waals surface area contributed by atoms with Gasteiger partial charge in [0, 0.05) is 25.6 Å². The minimum Gasteiger partial charge on any atom is -0.497 e. The highest BCUT2D eigenvalue weighted by Crippen LogP contribution is 2.35. The summed E-state index contributed by atoms with van der Waals surface area (Å²) in [4.78, 5) is 29.6. The molecule has 3 amide bonds. The first-order valence-electron chi connectivity index (χ1n) is 11.2. The molecule has 0 bridgehead atoms. The maximum atomic E-state index is 13.3. The number of nitrogens with one attached hydrogen (secondary N) is 1. The van der Waals surface area contributed by atoms with Gasteiger partial charge in [0.15, 0.2) is 0 Å². The Kier molecular flexibility index (Phi) is 6.53. The number of carbonyl (C=O) groups is 2. The number of carbonyl (C=O) groups excluding carboxylic acids is 2. The topological polar surface area (TPSA) is 71.1 Å². The van der Waals surface area contributed by atoms with E-state index >= 15 is 0 Å². The molecule has 0 unspecified atom stereocenters. The predicted molar refractivity (Wildman–Crippen MR) is 123 cm³/mol. The van der Waals surface area contributed by atoms with Crippen molar-refractivity contribution in [1.82, 2.24) is 10.2 Å². The third-order valence-corrected chi connectivity index (χ3v) is 6.17. The van der Waals surface area contributed by atoms with Crippen molar-refractivity contribution >= 4 is 17.6 Å². The van der Waals surface area contributed by atoms with Gasteiger partial charge in [-0.25, -0.2) is 4.79 Å². The zero-order chi connectivity index (χ0) is 22.7. The van der Waals surface area contributed by atoms with E-state index in [0.717, 1.165) is 28.3 Å². The molecule has 7 nitrogen and oxygen atoms in total. The molecule has 2 aliphatic rings. The van der Waals surface area contributed by atoms with Crippen LogP contribution in [-0.2, 0) is 11.3 Å². The fraction of sp³-hybridized carbons (Fsp3) is 0.440. The van der Waals surface area contributed by atoms with Gasteiger partial charge in [0.2, 0.25) is 5.91 Å². The number of aryl methyl sites for hydroxylation is 1. The Morgan fingerprint density at radius 3 is 2.53 bits per heavy atom. The lowest BCUT2D eigenvalue weighted by Gasteiger charge is -2.39. The van der Waals surface area contributed by atoms with Crippen LogP contribution in [-0.4, -0.2) is 49.7 Å². The molecule has 2 aromatic carbocycles. The summed E-state index contributed by atoms with van der Waals surface area (Å²) in [6.45, 7) is 6.15. The van der Waals surface area contributed by atoms with E-state index in [0.29, 0.717) is 39.0 Å². The van der Waals surface area contributed by atoms with Gasteiger partial charge in [0.25, 0.3) is 0 Å². The minimum absolute atomic E-state index is 0.0101. The molecule has 2 aliphatic heterocycles. The number of amides is 3. The molecule has 0 spiro atoms. The molecule has 4 rings (SSSR count). The number of ether oxygens (including phenoxy) is 2. The Labute approximate surface area is 189 Å². The molecule has 0 aromatic heterocycles. The average molecular weight is 438 g/mol. The number of fused-ring (bicyclic) bond motifs is 1. The molecule has 0 aliphatic carbocycles. The second-order valence-corrected chi connectivity index (χ2v) is 8.62. The molecule has 1 fully saturated rings. The lowest BCUT2D eigenvalue weighted by atomic mass is 9.96. The fourth-order valence-electron chi connectivity index (χ4n) is 4.31. The first-order chi connectivity index (χ1) is 15.4. The highest BCUT2D eigenvalue weighted by atomic mass is 16.5. The Bertz CT molecular complexity index is 968. The van der Waals surface area contributed by atoms with Crippen molar-refractivity contribution in [3.05, 3.63) is 53.6 Å². The van der Waals surface area contributed by atoms with E-state index in [9.17, 15) is 9.59 Å². The first-order valence-corrected chi connectivity index (χ1v) is 11.2. The predicted octanol–water partition coefficient (Wildman–Crippen LogP) is 3.74. The molecule has 0 radical (unpaired) electrons. The third-order valence-electron chi connectivity index (χ3n) is 6.17. The number of likely N-dealkylation sites (tertiary alicyclic amines) is 1. The van der Waals surface area contributed by atoms with Gasteiger partial charge in [-0.15, -0.1) is 0 Å². The van der Waals surface area contributed by atoms with Crippen LogP contribution in [0.25, 0.3) is 0 Å². The SMILES string of the molecule is COc1ccc(CNC(=O)C2CCN(C(=O)N3C[C@@H](C)Oc4ccc(C)cc43)CC2)cc1. The van der Waals surface area contributed by atoms with Crippen LogP contribution in [0.1, 0.15) is 30.9 Å². The van der Waals surface area contributed by atoms with Crippen LogP contribution in [0.4, 0.5) is 10.5 Å². The number of piperidine rings is 1. The second-order valence-electron chi connectivity index (χ2n) is 8.62. The summed E-state index contributed by atoms with van der Waals surface area (Å²) < 4.78 is 11.1. The lowest BCUT2D eigenvalue weighted by molar-refractivity contribution is -0.126. The number of nitrogens with zero attached hydrogens (tertiary/aromatic N) is 2. The van der Waals surface area contributed by atoms with Crippen molar-refractivity contribution in [2.45, 2.75) is 39.3 Å². The molecule has 7 heteroatoms. The van der Waals surface area contributed by atoms with Gasteiger partial charge in [-0.3, -0.25) is 9.69 Å². The highest BCUT2D eigenvalue weighted by Gasteiger charge is 2.33. The van der Waals surface area contributed by atoms with Gasteiger partial charge in [-0.05, 0) is 62.1 Å². The standard InChI is InChI=1S/C25H31N3O4/c1-17-4-9-23-22(14-17)28(16-18(2)32-23)25(30)27-12-10-20(11-13-27)24(29)26-15-19-5-7-21(31-3)8-6-19/h4-9,14,18,20H,10-13,15-16H2,1-3H3,(H,26,29)/t18-/m1/s1. The van der Waals surface area contributed by atoms with Gasteiger partial charge in [-0.2, -0.15) is 0 Å². The summed E-state index contributed by atoms with van der Waals surface area (Å²) in [5.74, 6) is 1.52. The molecule has 170 valence electrons. The average Bonchev–Trinajstić information content (AvgIpc) is 2.82. The quantitative estimate of drug-likeness (QED) is 0.791. The van der Waals surface area contributed by atoms with Crippen LogP contribution in [0.15, 0.2) is 42.5 Å². The number of hydrogen-bond donors (Lipinski definition) is 1. The largest absolute Gasteiger partial charge is 0.497 e. The summed E-state index contributed by atoms with van der Waals surface area (Å²) in [7, 11) is 1.63. The smallest absolute Gasteiger partial charge is 0.324 e. The molecule has 2 aromatic rings. The van der Waals surface area contributed by atoms with E-state index in [1.165, 1.54) is 0 Å². The third kappa shape index (κ3) is 4.82. The zero-order valence-electron chi connectivity index (χ0n) is 19.0. The van der Waals surface area contributed by atoms with Crippen LogP contribution in [0, 0.1) is 12.8 Å². The van der Waals surface area contributed by atoms with Crippen molar-refractivity contribution in [2.75, 3.05) is 31.6 Å². The van der Waals surface area contributed by atoms with Crippen LogP contribution < -0.4 is 19.7 Å². The maximum absolute atomic E-state index is 13.3. The summed E-state index contributed by atoms with van der Waals surface area (Å²) >= 11 is 0. The number of urea groups is 1. The Balaban J connectivity index is 1.32. The van der Waals surface area contributed by atoms with Crippen molar-refractivity contribution in [3.8, 4) is 11.5 Å². The molecule has 1 saturated heterocycles. The molecule has 2 heterocycles. The zero-order valence-corrected chi connectivity index (χ0v) is 19.0. The number of methoxy groups -OCH3 is 1. The van der Waals surface area contributed by atoms with E-state index in [2.05, 4.69) is 5.32 Å². The molecular formula is C25H31N3O4. The minimum atomic E-state index is -0.0737. The van der Waals surface area contributed by atoms with Crippen molar-refractivity contribution in [1.29, 1.82) is 0 Å². The summed E-state index contributed by atoms with van der Waals surface area (Å²) in [6.07, 6.45) is 1.28. The number of hydrogen-bond acceptors (Lipinski definition) is 4. The number of anilines is 1. The second kappa shape index (κ2) is 9.51. The fourth-order valence-corrected chi connectivity index (χ4v) is 4.31. The van der Waals surface area contributed by atoms with Gasteiger partial charge in [-0.1, -0.05) is 18.2 Å². The Morgan fingerprint density at radius 1 is 1.12 bits per heavy atom. The monoisotopic (exact) mass is 437 g/mol. The highest BCUT2D eigenvalue weighted by molar-refractivity contribution is 5.94. The summed E-state index contributed by atoms with van der Waals surface area (Å²) in [5, 5.41) is 3.03. The van der Waals surface area contributed by atoms with E-state index in [1.807, 2.05) is 66.1 Å². The van der Waals surface area contributed by atoms with Gasteiger partial charge < -0.3 is 19.7 Å². The van der Waals surface area contributed by atoms with Gasteiger partial charge >= 0.3 is 6.03 Å². The van der Waals surface area contributed by atoms with Crippen molar-refractivity contribution < 1.29 is 19.1 Å². The van der Waals surface area contributed by atoms with Gasteiger partial charge in [0.1, 0.15) is 17.6 Å². The molecule has 32 heavy (non-hydrogen) atoms. The van der Waals surface area contributed by atoms with Crippen LogP contribution in [0.2, 0.25) is 0 Å². The molecule has 1 atom stereocenters. The summed E-state index contributed by atoms with van der Waals surface area (Å²) in [6, 6.07) is 13.6. The van der Waals surface area contributed by atoms with Crippen molar-refractivity contribution in [3.63, 3.8) is 0 Å². The molecule has 0 saturated carbocycles. The van der Waals surface area contributed by atoms with Crippen molar-refractivity contribution in [2.24, 2.45) is 5.92 Å². The summed E-state index contributed by atoms with van der Waals surface area (Å²) in [5.41, 5.74) is 2.95. The van der Waals surface area contributed by atoms with Gasteiger partial charge in [0.05, 0.1) is 19.3 Å². The Hall–Kier alpha value is -3.22. The Morgan fingerprint density at radius 2 is 1.84 bits per heavy atom. The molecular weight excluding hydrogens is 406 g/mol. The molecule has 1 N–H and O–H groups in total.